The topological polar surface area (TPSA) is 176 Å². The third kappa shape index (κ3) is 9.85. The highest BCUT2D eigenvalue weighted by Gasteiger charge is 2.35. The number of halogens is 3. The molecule has 5 amide bonds. The molecule has 0 aromatic carbocycles. The Morgan fingerprint density at radius 1 is 1.00 bits per heavy atom. The van der Waals surface area contributed by atoms with Crippen molar-refractivity contribution in [3.8, 4) is 21.7 Å². The summed E-state index contributed by atoms with van der Waals surface area (Å²) in [7, 11) is 0. The molecule has 5 N–H and O–H groups in total. The second-order valence-electron chi connectivity index (χ2n) is 12.1. The Hall–Kier alpha value is -4.80. The van der Waals surface area contributed by atoms with Crippen molar-refractivity contribution in [2.45, 2.75) is 77.6 Å². The summed E-state index contributed by atoms with van der Waals surface area (Å²) in [4.78, 5) is 63.1. The number of amides is 5. The molecule has 48 heavy (non-hydrogen) atoms. The first-order valence-corrected chi connectivity index (χ1v) is 16.2. The van der Waals surface area contributed by atoms with E-state index in [0.29, 0.717) is 24.9 Å². The fourth-order valence-corrected chi connectivity index (χ4v) is 5.92. The Kier molecular flexibility index (Phi) is 11.6. The number of alkyl halides is 3. The number of ether oxygens (including phenoxy) is 1. The zero-order chi connectivity index (χ0) is 35.1. The number of hydrogen-bond acceptors (Lipinski definition) is 9. The number of hydrogen-bond donors (Lipinski definition) is 5. The van der Waals surface area contributed by atoms with Crippen molar-refractivity contribution in [1.82, 2.24) is 36.4 Å². The number of nitrogens with zero attached hydrogens (tertiary/aromatic N) is 3. The number of carbonyl (C=O) groups is 4. The van der Waals surface area contributed by atoms with Gasteiger partial charge in [-0.15, -0.1) is 11.3 Å². The lowest BCUT2D eigenvalue weighted by molar-refractivity contribution is -0.140. The van der Waals surface area contributed by atoms with Gasteiger partial charge in [-0.3, -0.25) is 30.7 Å². The molecule has 0 saturated heterocycles. The molecular weight excluding hydrogens is 653 g/mol. The van der Waals surface area contributed by atoms with Gasteiger partial charge in [0.25, 0.3) is 11.8 Å². The van der Waals surface area contributed by atoms with Gasteiger partial charge in [0.2, 0.25) is 0 Å². The molecule has 13 nitrogen and oxygen atoms in total. The van der Waals surface area contributed by atoms with E-state index in [9.17, 15) is 32.3 Å². The number of carbonyl (C=O) groups excluding carboxylic acids is 4. The SMILES string of the molecule is CCNC(=O)Nc1cc(-c2nc(C(F)(F)F)cs2)c(-c2cncc(C(=O)NNC(=O)C(NC(=O)OC(C)(C)C)C3CCCCC3)c2)cn1. The van der Waals surface area contributed by atoms with E-state index < -0.39 is 47.5 Å². The van der Waals surface area contributed by atoms with Gasteiger partial charge in [0, 0.05) is 47.2 Å². The minimum Gasteiger partial charge on any atom is -0.444 e. The number of nitrogens with one attached hydrogen (secondary N) is 5. The highest BCUT2D eigenvalue weighted by molar-refractivity contribution is 7.13. The Balaban J connectivity index is 1.56. The quantitative estimate of drug-likeness (QED) is 0.188. The molecule has 1 aliphatic carbocycles. The van der Waals surface area contributed by atoms with Crippen LogP contribution >= 0.6 is 11.3 Å². The standard InChI is InChI=1S/C31H37F3N8O5S/c1-5-36-28(45)39-23-12-20(27-38-22(16-48-27)31(32,33)34)21(15-37-23)18-11-19(14-35-13-18)25(43)41-42-26(44)24(17-9-7-6-8-10-17)40-29(46)47-30(2,3)4/h11-17,24H,5-10H2,1-4H3,(H,40,46)(H,41,43)(H,42,44)(H2,36,37,39,45). The molecule has 1 fully saturated rings. The minimum atomic E-state index is -4.67. The number of rotatable bonds is 8. The van der Waals surface area contributed by atoms with E-state index in [1.165, 1.54) is 30.7 Å². The normalized spacial score (nSPS) is 14.4. The maximum absolute atomic E-state index is 13.4. The molecule has 1 atom stereocenters. The summed E-state index contributed by atoms with van der Waals surface area (Å²) >= 11 is 0.746. The Labute approximate surface area is 278 Å². The molecule has 3 aromatic rings. The van der Waals surface area contributed by atoms with Crippen LogP contribution in [0.15, 0.2) is 36.1 Å². The Morgan fingerprint density at radius 2 is 1.73 bits per heavy atom. The first-order chi connectivity index (χ1) is 22.6. The van der Waals surface area contributed by atoms with Crippen molar-refractivity contribution < 1.29 is 37.1 Å². The molecular formula is C31H37F3N8O5S. The summed E-state index contributed by atoms with van der Waals surface area (Å²) in [6, 6.07) is 1.28. The van der Waals surface area contributed by atoms with Gasteiger partial charge >= 0.3 is 18.3 Å². The van der Waals surface area contributed by atoms with Crippen molar-refractivity contribution in [2.75, 3.05) is 11.9 Å². The third-order valence-corrected chi connectivity index (χ3v) is 8.07. The predicted molar refractivity (Wildman–Crippen MR) is 172 cm³/mol. The maximum atomic E-state index is 13.4. The average molecular weight is 691 g/mol. The lowest BCUT2D eigenvalue weighted by Crippen LogP contribution is -2.56. The molecule has 1 saturated carbocycles. The van der Waals surface area contributed by atoms with E-state index >= 15 is 0 Å². The van der Waals surface area contributed by atoms with Gasteiger partial charge in [0.1, 0.15) is 22.5 Å². The number of pyridine rings is 2. The highest BCUT2D eigenvalue weighted by Crippen LogP contribution is 2.38. The van der Waals surface area contributed by atoms with Gasteiger partial charge in [-0.05, 0) is 58.6 Å². The molecule has 0 spiro atoms. The van der Waals surface area contributed by atoms with E-state index in [0.717, 1.165) is 36.0 Å². The molecule has 0 aliphatic heterocycles. The smallest absolute Gasteiger partial charge is 0.434 e. The van der Waals surface area contributed by atoms with Crippen LogP contribution in [0.25, 0.3) is 21.7 Å². The van der Waals surface area contributed by atoms with Gasteiger partial charge < -0.3 is 15.4 Å². The van der Waals surface area contributed by atoms with Crippen LogP contribution in [0.1, 0.15) is 75.9 Å². The largest absolute Gasteiger partial charge is 0.444 e. The molecule has 17 heteroatoms. The van der Waals surface area contributed by atoms with Gasteiger partial charge in [-0.2, -0.15) is 13.2 Å². The number of aromatic nitrogens is 3. The second kappa shape index (κ2) is 15.4. The molecule has 0 radical (unpaired) electrons. The first kappa shape index (κ1) is 36.0. The fraction of sp³-hybridized carbons (Fsp3) is 0.452. The molecule has 4 rings (SSSR count). The summed E-state index contributed by atoms with van der Waals surface area (Å²) in [5.74, 6) is -1.47. The Morgan fingerprint density at radius 3 is 2.38 bits per heavy atom. The van der Waals surface area contributed by atoms with Crippen LogP contribution in [0.2, 0.25) is 0 Å². The number of urea groups is 1. The number of alkyl carbamates (subject to hydrolysis) is 1. The van der Waals surface area contributed by atoms with Crippen LogP contribution in [0, 0.1) is 5.92 Å². The molecule has 1 aliphatic rings. The van der Waals surface area contributed by atoms with E-state index in [1.807, 2.05) is 0 Å². The third-order valence-electron chi connectivity index (χ3n) is 7.19. The fourth-order valence-electron chi connectivity index (χ4n) is 5.06. The summed E-state index contributed by atoms with van der Waals surface area (Å²) in [5.41, 5.74) is 3.67. The number of anilines is 1. The van der Waals surface area contributed by atoms with Gasteiger partial charge in [0.05, 0.1) is 5.56 Å². The Bertz CT molecular complexity index is 1640. The monoisotopic (exact) mass is 690 g/mol. The zero-order valence-electron chi connectivity index (χ0n) is 26.8. The molecule has 3 aromatic heterocycles. The van der Waals surface area contributed by atoms with Crippen LogP contribution in [-0.2, 0) is 15.7 Å². The van der Waals surface area contributed by atoms with Crippen molar-refractivity contribution in [2.24, 2.45) is 5.92 Å². The van der Waals surface area contributed by atoms with Crippen molar-refractivity contribution >= 4 is 41.1 Å². The lowest BCUT2D eigenvalue weighted by Gasteiger charge is -2.30. The van der Waals surface area contributed by atoms with E-state index in [2.05, 4.69) is 41.8 Å². The molecule has 258 valence electrons. The van der Waals surface area contributed by atoms with Gasteiger partial charge in [-0.1, -0.05) is 19.3 Å². The summed E-state index contributed by atoms with van der Waals surface area (Å²) in [6.45, 7) is 7.17. The lowest BCUT2D eigenvalue weighted by atomic mass is 9.83. The molecule has 0 bridgehead atoms. The van der Waals surface area contributed by atoms with Crippen LogP contribution < -0.4 is 26.8 Å². The minimum absolute atomic E-state index is 0.00714. The van der Waals surface area contributed by atoms with E-state index in [4.69, 9.17) is 4.74 Å². The number of thiazole rings is 1. The van der Waals surface area contributed by atoms with Gasteiger partial charge in [-0.25, -0.2) is 19.6 Å². The summed E-state index contributed by atoms with van der Waals surface area (Å²) in [5, 5.41) is 8.58. The highest BCUT2D eigenvalue weighted by atomic mass is 32.1. The van der Waals surface area contributed by atoms with Crippen molar-refractivity contribution in [3.05, 3.63) is 47.4 Å². The van der Waals surface area contributed by atoms with Crippen LogP contribution in [0.3, 0.4) is 0 Å². The first-order valence-electron chi connectivity index (χ1n) is 15.3. The number of hydrazine groups is 1. The second-order valence-corrected chi connectivity index (χ2v) is 12.9. The molecule has 1 unspecified atom stereocenters. The zero-order valence-corrected chi connectivity index (χ0v) is 27.6. The van der Waals surface area contributed by atoms with Crippen molar-refractivity contribution in [3.63, 3.8) is 0 Å². The predicted octanol–water partition coefficient (Wildman–Crippen LogP) is 5.66. The summed E-state index contributed by atoms with van der Waals surface area (Å²) < 4.78 is 45.5. The van der Waals surface area contributed by atoms with Crippen LogP contribution in [0.5, 0.6) is 0 Å². The van der Waals surface area contributed by atoms with E-state index in [1.54, 1.807) is 27.7 Å². The van der Waals surface area contributed by atoms with Gasteiger partial charge in [0.15, 0.2) is 5.69 Å². The maximum Gasteiger partial charge on any atom is 0.434 e. The average Bonchev–Trinajstić information content (AvgIpc) is 3.53. The van der Waals surface area contributed by atoms with Crippen LogP contribution in [-0.4, -0.2) is 57.1 Å². The molecule has 3 heterocycles. The summed E-state index contributed by atoms with van der Waals surface area (Å²) in [6.07, 6.45) is 2.76. The van der Waals surface area contributed by atoms with E-state index in [-0.39, 0.29) is 33.4 Å². The van der Waals surface area contributed by atoms with Crippen LogP contribution in [0.4, 0.5) is 28.6 Å². The van der Waals surface area contributed by atoms with Crippen molar-refractivity contribution in [1.29, 1.82) is 0 Å².